The van der Waals surface area contributed by atoms with Crippen LogP contribution in [0.5, 0.6) is 0 Å². The van der Waals surface area contributed by atoms with Gasteiger partial charge < -0.3 is 5.73 Å². The molecule has 0 bridgehead atoms. The minimum Gasteiger partial charge on any atom is -0.369 e. The van der Waals surface area contributed by atoms with Gasteiger partial charge in [-0.15, -0.1) is 0 Å². The molecule has 0 unspecified atom stereocenters. The second-order valence-corrected chi connectivity index (χ2v) is 4.96. The molecule has 3 N–H and O–H groups in total. The largest absolute Gasteiger partial charge is 0.369 e. The van der Waals surface area contributed by atoms with Crippen molar-refractivity contribution in [3.63, 3.8) is 0 Å². The van der Waals surface area contributed by atoms with Gasteiger partial charge in [0.25, 0.3) is 0 Å². The van der Waals surface area contributed by atoms with Crippen molar-refractivity contribution >= 4 is 15.9 Å². The second kappa shape index (κ2) is 4.58. The van der Waals surface area contributed by atoms with E-state index in [0.717, 1.165) is 6.07 Å². The third-order valence-electron chi connectivity index (χ3n) is 1.81. The molecular weight excluding hydrogens is 235 g/mol. The van der Waals surface area contributed by atoms with E-state index < -0.39 is 33.2 Å². The van der Waals surface area contributed by atoms with Gasteiger partial charge in [0.05, 0.1) is 6.54 Å². The van der Waals surface area contributed by atoms with Crippen LogP contribution in [0.15, 0.2) is 23.1 Å². The molecule has 1 rings (SSSR count). The van der Waals surface area contributed by atoms with E-state index >= 15 is 0 Å². The number of benzene rings is 1. The summed E-state index contributed by atoms with van der Waals surface area (Å²) in [6.45, 7) is 1.07. The Morgan fingerprint density at radius 2 is 2.12 bits per heavy atom. The van der Waals surface area contributed by atoms with E-state index in [2.05, 4.69) is 0 Å². The number of primary amides is 1. The first-order valence-corrected chi connectivity index (χ1v) is 5.85. The molecule has 0 heterocycles. The average molecular weight is 246 g/mol. The molecule has 0 spiro atoms. The fourth-order valence-electron chi connectivity index (χ4n) is 1.06. The zero-order chi connectivity index (χ0) is 12.3. The van der Waals surface area contributed by atoms with Crippen LogP contribution in [0.25, 0.3) is 0 Å². The van der Waals surface area contributed by atoms with Gasteiger partial charge in [-0.3, -0.25) is 4.79 Å². The lowest BCUT2D eigenvalue weighted by atomic mass is 10.2. The van der Waals surface area contributed by atoms with Gasteiger partial charge >= 0.3 is 0 Å². The van der Waals surface area contributed by atoms with Crippen molar-refractivity contribution in [3.8, 4) is 0 Å². The van der Waals surface area contributed by atoms with Crippen LogP contribution < -0.4 is 10.5 Å². The number of nitrogens with two attached hydrogens (primary N) is 1. The normalized spacial score (nSPS) is 11.4. The van der Waals surface area contributed by atoms with E-state index in [1.807, 2.05) is 4.72 Å². The molecule has 5 nitrogen and oxygen atoms in total. The number of carbonyl (C=O) groups is 1. The molecule has 7 heteroatoms. The lowest BCUT2D eigenvalue weighted by Gasteiger charge is -2.06. The Balaban J connectivity index is 3.07. The number of sulfonamides is 1. The summed E-state index contributed by atoms with van der Waals surface area (Å²) >= 11 is 0. The van der Waals surface area contributed by atoms with E-state index in [1.165, 1.54) is 12.1 Å². The number of carbonyl (C=O) groups excluding carboxylic acids is 1. The molecule has 1 aromatic carbocycles. The SMILES string of the molecule is Cc1ccc(F)c(S(=O)(=O)NCC(N)=O)c1. The molecule has 88 valence electrons. The Kier molecular flexibility index (Phi) is 3.61. The van der Waals surface area contributed by atoms with E-state index in [-0.39, 0.29) is 0 Å². The lowest BCUT2D eigenvalue weighted by molar-refractivity contribution is -0.116. The van der Waals surface area contributed by atoms with Crippen LogP contribution in [0.3, 0.4) is 0 Å². The van der Waals surface area contributed by atoms with Crippen LogP contribution >= 0.6 is 0 Å². The predicted octanol–water partition coefficient (Wildman–Crippen LogP) is -0.102. The van der Waals surface area contributed by atoms with Crippen molar-refractivity contribution in [2.75, 3.05) is 6.54 Å². The van der Waals surface area contributed by atoms with Crippen LogP contribution in [0.2, 0.25) is 0 Å². The van der Waals surface area contributed by atoms with E-state index in [0.29, 0.717) is 5.56 Å². The predicted molar refractivity (Wildman–Crippen MR) is 55.5 cm³/mol. The monoisotopic (exact) mass is 246 g/mol. The van der Waals surface area contributed by atoms with Gasteiger partial charge in [0.1, 0.15) is 10.7 Å². The second-order valence-electron chi connectivity index (χ2n) is 3.22. The fraction of sp³-hybridized carbons (Fsp3) is 0.222. The summed E-state index contributed by atoms with van der Waals surface area (Å²) in [7, 11) is -4.03. The average Bonchev–Trinajstić information content (AvgIpc) is 2.19. The molecule has 0 aliphatic rings. The maximum Gasteiger partial charge on any atom is 0.243 e. The highest BCUT2D eigenvalue weighted by atomic mass is 32.2. The Labute approximate surface area is 92.5 Å². The summed E-state index contributed by atoms with van der Waals surface area (Å²) in [6, 6.07) is 3.68. The first kappa shape index (κ1) is 12.6. The lowest BCUT2D eigenvalue weighted by Crippen LogP contribution is -2.33. The van der Waals surface area contributed by atoms with Crippen LogP contribution in [0, 0.1) is 12.7 Å². The standard InChI is InChI=1S/C9H11FN2O3S/c1-6-2-3-7(10)8(4-6)16(14,15)12-5-9(11)13/h2-4,12H,5H2,1H3,(H2,11,13). The molecule has 0 aliphatic heterocycles. The van der Waals surface area contributed by atoms with Gasteiger partial charge in [-0.1, -0.05) is 6.07 Å². The molecule has 0 aromatic heterocycles. The summed E-state index contributed by atoms with van der Waals surface area (Å²) in [5.41, 5.74) is 5.38. The number of nitrogens with one attached hydrogen (secondary N) is 1. The third-order valence-corrected chi connectivity index (χ3v) is 3.23. The first-order valence-electron chi connectivity index (χ1n) is 4.37. The number of hydrogen-bond acceptors (Lipinski definition) is 3. The summed E-state index contributed by atoms with van der Waals surface area (Å²) in [5.74, 6) is -1.71. The molecule has 0 aliphatic carbocycles. The topological polar surface area (TPSA) is 89.3 Å². The number of aryl methyl sites for hydroxylation is 1. The van der Waals surface area contributed by atoms with Crippen molar-refractivity contribution in [3.05, 3.63) is 29.6 Å². The summed E-state index contributed by atoms with van der Waals surface area (Å²) < 4.78 is 38.3. The zero-order valence-electron chi connectivity index (χ0n) is 8.53. The van der Waals surface area contributed by atoms with Gasteiger partial charge in [-0.25, -0.2) is 17.5 Å². The molecule has 0 saturated carbocycles. The fourth-order valence-corrected chi connectivity index (χ4v) is 2.21. The van der Waals surface area contributed by atoms with Crippen LogP contribution in [0.4, 0.5) is 4.39 Å². The Hall–Kier alpha value is -1.47. The van der Waals surface area contributed by atoms with E-state index in [1.54, 1.807) is 6.92 Å². The maximum atomic E-state index is 13.3. The summed E-state index contributed by atoms with van der Waals surface area (Å²) in [5, 5.41) is 0. The van der Waals surface area contributed by atoms with Crippen molar-refractivity contribution in [2.24, 2.45) is 5.73 Å². The Bertz CT molecular complexity index is 513. The molecule has 1 amide bonds. The molecule has 16 heavy (non-hydrogen) atoms. The van der Waals surface area contributed by atoms with Gasteiger partial charge in [-0.2, -0.15) is 0 Å². The number of amides is 1. The van der Waals surface area contributed by atoms with Crippen molar-refractivity contribution in [1.82, 2.24) is 4.72 Å². The quantitative estimate of drug-likeness (QED) is 0.777. The minimum atomic E-state index is -4.03. The molecule has 0 atom stereocenters. The van der Waals surface area contributed by atoms with Crippen molar-refractivity contribution < 1.29 is 17.6 Å². The first-order chi connectivity index (χ1) is 7.33. The highest BCUT2D eigenvalue weighted by Gasteiger charge is 2.19. The summed E-state index contributed by atoms with van der Waals surface area (Å²) in [6.07, 6.45) is 0. The van der Waals surface area contributed by atoms with Crippen LogP contribution in [0.1, 0.15) is 5.56 Å². The molecule has 0 fully saturated rings. The number of rotatable bonds is 4. The van der Waals surface area contributed by atoms with E-state index in [4.69, 9.17) is 5.73 Å². The minimum absolute atomic E-state index is 0.492. The zero-order valence-corrected chi connectivity index (χ0v) is 9.34. The van der Waals surface area contributed by atoms with Gasteiger partial charge in [-0.05, 0) is 24.6 Å². The van der Waals surface area contributed by atoms with Gasteiger partial charge in [0.15, 0.2) is 0 Å². The van der Waals surface area contributed by atoms with E-state index in [9.17, 15) is 17.6 Å². The smallest absolute Gasteiger partial charge is 0.243 e. The maximum absolute atomic E-state index is 13.3. The van der Waals surface area contributed by atoms with Crippen LogP contribution in [-0.4, -0.2) is 20.9 Å². The Morgan fingerprint density at radius 1 is 1.50 bits per heavy atom. The Morgan fingerprint density at radius 3 is 2.69 bits per heavy atom. The molecular formula is C9H11FN2O3S. The highest BCUT2D eigenvalue weighted by molar-refractivity contribution is 7.89. The van der Waals surface area contributed by atoms with Crippen molar-refractivity contribution in [1.29, 1.82) is 0 Å². The van der Waals surface area contributed by atoms with Crippen molar-refractivity contribution in [2.45, 2.75) is 11.8 Å². The molecule has 1 aromatic rings. The summed E-state index contributed by atoms with van der Waals surface area (Å²) in [4.78, 5) is 9.94. The number of halogens is 1. The van der Waals surface area contributed by atoms with Gasteiger partial charge in [0.2, 0.25) is 15.9 Å². The molecule has 0 radical (unpaired) electrons. The highest BCUT2D eigenvalue weighted by Crippen LogP contribution is 2.15. The van der Waals surface area contributed by atoms with Crippen LogP contribution in [-0.2, 0) is 14.8 Å². The number of hydrogen-bond donors (Lipinski definition) is 2. The molecule has 0 saturated heterocycles. The third kappa shape index (κ3) is 3.01. The van der Waals surface area contributed by atoms with Gasteiger partial charge in [0, 0.05) is 0 Å².